The van der Waals surface area contributed by atoms with E-state index in [1.807, 2.05) is 49.4 Å². The summed E-state index contributed by atoms with van der Waals surface area (Å²) in [6.45, 7) is 2.96. The number of nitrogens with zero attached hydrogens (tertiary/aromatic N) is 2. The summed E-state index contributed by atoms with van der Waals surface area (Å²) in [5, 5.41) is 6.22. The van der Waals surface area contributed by atoms with Gasteiger partial charge in [-0.1, -0.05) is 30.3 Å². The van der Waals surface area contributed by atoms with E-state index in [1.54, 1.807) is 12.4 Å². The van der Waals surface area contributed by atoms with E-state index in [9.17, 15) is 4.79 Å². The topological polar surface area (TPSA) is 76.1 Å². The van der Waals surface area contributed by atoms with Gasteiger partial charge in [-0.05, 0) is 24.6 Å². The molecule has 0 unspecified atom stereocenters. The molecule has 0 saturated carbocycles. The van der Waals surface area contributed by atoms with E-state index >= 15 is 0 Å². The molecular formula is C19H20N4O2. The van der Waals surface area contributed by atoms with Crippen LogP contribution in [0.5, 0.6) is 0 Å². The van der Waals surface area contributed by atoms with E-state index in [4.69, 9.17) is 4.74 Å². The number of pyridine rings is 2. The van der Waals surface area contributed by atoms with Gasteiger partial charge in [0.05, 0.1) is 23.1 Å². The minimum Gasteiger partial charge on any atom is -0.377 e. The highest BCUT2D eigenvalue weighted by molar-refractivity contribution is 6.01. The van der Waals surface area contributed by atoms with Crippen LogP contribution >= 0.6 is 0 Å². The van der Waals surface area contributed by atoms with Crippen molar-refractivity contribution in [2.24, 2.45) is 0 Å². The summed E-state index contributed by atoms with van der Waals surface area (Å²) in [4.78, 5) is 20.8. The number of hydrogen-bond acceptors (Lipinski definition) is 5. The molecule has 6 heteroatoms. The second-order valence-corrected chi connectivity index (χ2v) is 5.44. The molecule has 0 spiro atoms. The number of hydrogen-bond donors (Lipinski definition) is 2. The standard InChI is InChI=1S/C19H20N4O2/c1-2-25-13-17(24)23-16-12-21-15-9-6-10-20-18(15)19(16)22-11-14-7-4-3-5-8-14/h3-10,12H,2,11,13H2,1H3,(H,21,22)(H,23,24). The lowest BCUT2D eigenvalue weighted by atomic mass is 10.2. The van der Waals surface area contributed by atoms with Crippen LogP contribution in [0.1, 0.15) is 12.5 Å². The number of nitrogens with one attached hydrogen (secondary N) is 2. The highest BCUT2D eigenvalue weighted by Gasteiger charge is 2.12. The molecule has 0 aliphatic rings. The molecule has 1 aromatic carbocycles. The maximum atomic E-state index is 12.0. The van der Waals surface area contributed by atoms with Gasteiger partial charge in [0.2, 0.25) is 5.91 Å². The van der Waals surface area contributed by atoms with Crippen LogP contribution in [-0.4, -0.2) is 29.1 Å². The third-order valence-electron chi connectivity index (χ3n) is 3.65. The van der Waals surface area contributed by atoms with Crippen molar-refractivity contribution in [3.8, 4) is 0 Å². The third-order valence-corrected chi connectivity index (χ3v) is 3.65. The Morgan fingerprint density at radius 2 is 1.96 bits per heavy atom. The predicted octanol–water partition coefficient (Wildman–Crippen LogP) is 3.22. The van der Waals surface area contributed by atoms with Gasteiger partial charge in [-0.2, -0.15) is 0 Å². The van der Waals surface area contributed by atoms with Crippen molar-refractivity contribution in [3.05, 3.63) is 60.4 Å². The van der Waals surface area contributed by atoms with Gasteiger partial charge in [0.1, 0.15) is 12.1 Å². The number of benzene rings is 1. The lowest BCUT2D eigenvalue weighted by Crippen LogP contribution is -2.19. The first-order valence-corrected chi connectivity index (χ1v) is 8.17. The van der Waals surface area contributed by atoms with Crippen molar-refractivity contribution in [2.45, 2.75) is 13.5 Å². The number of amides is 1. The minimum atomic E-state index is -0.221. The van der Waals surface area contributed by atoms with Crippen molar-refractivity contribution in [3.63, 3.8) is 0 Å². The van der Waals surface area contributed by atoms with Gasteiger partial charge in [0.15, 0.2) is 0 Å². The van der Waals surface area contributed by atoms with E-state index in [0.29, 0.717) is 24.4 Å². The fourth-order valence-electron chi connectivity index (χ4n) is 2.46. The highest BCUT2D eigenvalue weighted by Crippen LogP contribution is 2.28. The van der Waals surface area contributed by atoms with Gasteiger partial charge in [0.25, 0.3) is 0 Å². The number of rotatable bonds is 7. The van der Waals surface area contributed by atoms with Gasteiger partial charge in [-0.15, -0.1) is 0 Å². The molecule has 2 aromatic heterocycles. The van der Waals surface area contributed by atoms with Crippen LogP contribution < -0.4 is 10.6 Å². The Balaban J connectivity index is 1.88. The Morgan fingerprint density at radius 3 is 2.76 bits per heavy atom. The first-order valence-electron chi connectivity index (χ1n) is 8.17. The molecule has 1 amide bonds. The van der Waals surface area contributed by atoms with Crippen LogP contribution in [0.25, 0.3) is 11.0 Å². The van der Waals surface area contributed by atoms with Crippen molar-refractivity contribution >= 4 is 28.3 Å². The van der Waals surface area contributed by atoms with Crippen molar-refractivity contribution in [1.29, 1.82) is 0 Å². The molecule has 0 fully saturated rings. The summed E-state index contributed by atoms with van der Waals surface area (Å²) < 4.78 is 5.16. The Hall–Kier alpha value is -2.99. The van der Waals surface area contributed by atoms with Crippen LogP contribution in [0.15, 0.2) is 54.9 Å². The molecule has 128 valence electrons. The summed E-state index contributed by atoms with van der Waals surface area (Å²) in [6, 6.07) is 13.8. The van der Waals surface area contributed by atoms with Crippen LogP contribution in [0.2, 0.25) is 0 Å². The average molecular weight is 336 g/mol. The van der Waals surface area contributed by atoms with E-state index in [2.05, 4.69) is 20.6 Å². The lowest BCUT2D eigenvalue weighted by Gasteiger charge is -2.15. The predicted molar refractivity (Wildman–Crippen MR) is 98.4 cm³/mol. The van der Waals surface area contributed by atoms with Crippen LogP contribution in [-0.2, 0) is 16.1 Å². The second kappa shape index (κ2) is 8.21. The van der Waals surface area contributed by atoms with Crippen LogP contribution in [0.3, 0.4) is 0 Å². The maximum absolute atomic E-state index is 12.0. The molecule has 0 aliphatic carbocycles. The third kappa shape index (κ3) is 4.30. The molecule has 0 aliphatic heterocycles. The fraction of sp³-hybridized carbons (Fsp3) is 0.211. The van der Waals surface area contributed by atoms with Crippen LogP contribution in [0, 0.1) is 0 Å². The number of carbonyl (C=O) groups excluding carboxylic acids is 1. The summed E-state index contributed by atoms with van der Waals surface area (Å²) >= 11 is 0. The van der Waals surface area contributed by atoms with Crippen molar-refractivity contribution in [1.82, 2.24) is 9.97 Å². The average Bonchev–Trinajstić information content (AvgIpc) is 2.66. The zero-order valence-electron chi connectivity index (χ0n) is 14.0. The molecule has 3 rings (SSSR count). The molecule has 0 saturated heterocycles. The minimum absolute atomic E-state index is 0.00881. The molecular weight excluding hydrogens is 316 g/mol. The first kappa shape index (κ1) is 16.9. The molecule has 0 radical (unpaired) electrons. The molecule has 0 atom stereocenters. The molecule has 0 bridgehead atoms. The summed E-state index contributed by atoms with van der Waals surface area (Å²) in [5.41, 5.74) is 3.95. The monoisotopic (exact) mass is 336 g/mol. The van der Waals surface area contributed by atoms with Gasteiger partial charge < -0.3 is 15.4 Å². The molecule has 3 aromatic rings. The molecule has 6 nitrogen and oxygen atoms in total. The number of anilines is 2. The van der Waals surface area contributed by atoms with Crippen molar-refractivity contribution in [2.75, 3.05) is 23.8 Å². The lowest BCUT2D eigenvalue weighted by molar-refractivity contribution is -0.120. The number of carbonyl (C=O) groups is 1. The molecule has 25 heavy (non-hydrogen) atoms. The van der Waals surface area contributed by atoms with Crippen molar-refractivity contribution < 1.29 is 9.53 Å². The quantitative estimate of drug-likeness (QED) is 0.693. The number of fused-ring (bicyclic) bond motifs is 1. The molecule has 2 heterocycles. The van der Waals surface area contributed by atoms with Crippen LogP contribution in [0.4, 0.5) is 11.4 Å². The van der Waals surface area contributed by atoms with Gasteiger partial charge in [-0.25, -0.2) is 0 Å². The maximum Gasteiger partial charge on any atom is 0.250 e. The Labute approximate surface area is 146 Å². The smallest absolute Gasteiger partial charge is 0.250 e. The SMILES string of the molecule is CCOCC(=O)Nc1cnc2cccnc2c1NCc1ccccc1. The largest absolute Gasteiger partial charge is 0.377 e. The Morgan fingerprint density at radius 1 is 1.12 bits per heavy atom. The number of ether oxygens (including phenoxy) is 1. The second-order valence-electron chi connectivity index (χ2n) is 5.44. The Kier molecular flexibility index (Phi) is 5.53. The summed E-state index contributed by atoms with van der Waals surface area (Å²) in [5.74, 6) is -0.221. The van der Waals surface area contributed by atoms with Gasteiger partial charge in [-0.3, -0.25) is 14.8 Å². The fourth-order valence-corrected chi connectivity index (χ4v) is 2.46. The van der Waals surface area contributed by atoms with E-state index in [1.165, 1.54) is 0 Å². The van der Waals surface area contributed by atoms with E-state index in [-0.39, 0.29) is 12.5 Å². The van der Waals surface area contributed by atoms with E-state index in [0.717, 1.165) is 16.8 Å². The highest BCUT2D eigenvalue weighted by atomic mass is 16.5. The summed E-state index contributed by atoms with van der Waals surface area (Å²) in [6.07, 6.45) is 3.35. The van der Waals surface area contributed by atoms with Gasteiger partial charge >= 0.3 is 0 Å². The Bertz CT molecular complexity index is 852. The molecule has 2 N–H and O–H groups in total. The first-order chi connectivity index (χ1) is 12.3. The zero-order valence-corrected chi connectivity index (χ0v) is 14.0. The normalized spacial score (nSPS) is 10.6. The van der Waals surface area contributed by atoms with E-state index < -0.39 is 0 Å². The summed E-state index contributed by atoms with van der Waals surface area (Å²) in [7, 11) is 0. The zero-order chi connectivity index (χ0) is 17.5. The van der Waals surface area contributed by atoms with Gasteiger partial charge in [0, 0.05) is 19.3 Å². The number of aromatic nitrogens is 2.